The highest BCUT2D eigenvalue weighted by Gasteiger charge is 2.18. The average Bonchev–Trinajstić information content (AvgIpc) is 2.39. The molecule has 0 aromatic carbocycles. The lowest BCUT2D eigenvalue weighted by atomic mass is 10.1. The molecule has 1 aliphatic heterocycles. The van der Waals surface area contributed by atoms with Crippen molar-refractivity contribution in [2.24, 2.45) is 0 Å². The van der Waals surface area contributed by atoms with Crippen molar-refractivity contribution in [2.45, 2.75) is 32.8 Å². The van der Waals surface area contributed by atoms with Gasteiger partial charge in [-0.15, -0.1) is 0 Å². The van der Waals surface area contributed by atoms with Gasteiger partial charge >= 0.3 is 0 Å². The van der Waals surface area contributed by atoms with E-state index in [1.54, 1.807) is 7.11 Å². The molecule has 2 rings (SSSR count). The van der Waals surface area contributed by atoms with Crippen LogP contribution in [0.1, 0.15) is 31.3 Å². The van der Waals surface area contributed by atoms with Crippen LogP contribution in [-0.4, -0.2) is 36.0 Å². The molecule has 0 aliphatic carbocycles. The summed E-state index contributed by atoms with van der Waals surface area (Å²) >= 11 is 0. The van der Waals surface area contributed by atoms with Crippen LogP contribution in [-0.2, 0) is 22.6 Å². The van der Waals surface area contributed by atoms with Crippen LogP contribution in [0.5, 0.6) is 0 Å². The van der Waals surface area contributed by atoms with Gasteiger partial charge in [0.1, 0.15) is 17.4 Å². The molecule has 18 heavy (non-hydrogen) atoms. The second kappa shape index (κ2) is 5.91. The Morgan fingerprint density at radius 1 is 1.33 bits per heavy atom. The minimum atomic E-state index is 0.341. The van der Waals surface area contributed by atoms with Gasteiger partial charge in [0.15, 0.2) is 0 Å². The Morgan fingerprint density at radius 3 is 2.67 bits per heavy atom. The minimum absolute atomic E-state index is 0.341. The van der Waals surface area contributed by atoms with E-state index in [1.807, 2.05) is 13.0 Å². The minimum Gasteiger partial charge on any atom is -0.378 e. The highest BCUT2D eigenvalue weighted by molar-refractivity contribution is 5.80. The van der Waals surface area contributed by atoms with Gasteiger partial charge in [-0.25, -0.2) is 9.97 Å². The van der Waals surface area contributed by atoms with Crippen LogP contribution in [0.3, 0.4) is 0 Å². The fourth-order valence-corrected chi connectivity index (χ4v) is 2.06. The molecule has 1 aromatic heterocycles. The van der Waals surface area contributed by atoms with Gasteiger partial charge in [-0.2, -0.15) is 0 Å². The molecule has 0 saturated carbocycles. The number of rotatable bonds is 4. The van der Waals surface area contributed by atoms with Crippen LogP contribution in [0.4, 0.5) is 5.82 Å². The Bertz CT molecular complexity index is 424. The zero-order valence-electron chi connectivity index (χ0n) is 11.0. The van der Waals surface area contributed by atoms with Gasteiger partial charge in [0, 0.05) is 45.5 Å². The molecule has 0 N–H and O–H groups in total. The number of carbonyl (C=O) groups is 1. The molecule has 0 bridgehead atoms. The highest BCUT2D eigenvalue weighted by Crippen LogP contribution is 2.17. The molecule has 0 spiro atoms. The van der Waals surface area contributed by atoms with Crippen molar-refractivity contribution in [2.75, 3.05) is 25.1 Å². The Morgan fingerprint density at radius 2 is 2.06 bits per heavy atom. The summed E-state index contributed by atoms with van der Waals surface area (Å²) in [5, 5.41) is 0. The first-order valence-electron chi connectivity index (χ1n) is 6.35. The number of ketones is 1. The molecule has 1 saturated heterocycles. The molecule has 0 radical (unpaired) electrons. The largest absolute Gasteiger partial charge is 0.378 e. The van der Waals surface area contributed by atoms with E-state index in [1.165, 1.54) is 0 Å². The lowest BCUT2D eigenvalue weighted by molar-refractivity contribution is -0.119. The number of piperidine rings is 1. The summed E-state index contributed by atoms with van der Waals surface area (Å²) in [6.07, 6.45) is 2.04. The Balaban J connectivity index is 2.20. The normalized spacial score (nSPS) is 16.1. The second-order valence-electron chi connectivity index (χ2n) is 4.45. The molecule has 0 amide bonds. The summed E-state index contributed by atoms with van der Waals surface area (Å²) in [7, 11) is 1.66. The standard InChI is InChI=1S/C13H19N3O2/c1-3-12-14-10(9-18-2)8-13(15-12)16-6-4-11(17)5-7-16/h8H,3-7,9H2,1-2H3. The lowest BCUT2D eigenvalue weighted by Crippen LogP contribution is -2.34. The summed E-state index contributed by atoms with van der Waals surface area (Å²) in [6.45, 7) is 4.04. The summed E-state index contributed by atoms with van der Waals surface area (Å²) in [6, 6.07) is 1.96. The fraction of sp³-hybridized carbons (Fsp3) is 0.615. The van der Waals surface area contributed by atoms with Crippen molar-refractivity contribution in [3.63, 3.8) is 0 Å². The van der Waals surface area contributed by atoms with E-state index in [-0.39, 0.29) is 0 Å². The monoisotopic (exact) mass is 249 g/mol. The van der Waals surface area contributed by atoms with Gasteiger partial charge in [-0.05, 0) is 0 Å². The van der Waals surface area contributed by atoms with E-state index >= 15 is 0 Å². The van der Waals surface area contributed by atoms with E-state index in [4.69, 9.17) is 4.74 Å². The Kier molecular flexibility index (Phi) is 4.25. The maximum absolute atomic E-state index is 11.3. The molecular weight excluding hydrogens is 230 g/mol. The molecule has 1 fully saturated rings. The summed E-state index contributed by atoms with van der Waals surface area (Å²) < 4.78 is 5.12. The van der Waals surface area contributed by atoms with Crippen LogP contribution < -0.4 is 4.90 Å². The topological polar surface area (TPSA) is 55.3 Å². The number of hydrogen-bond acceptors (Lipinski definition) is 5. The fourth-order valence-electron chi connectivity index (χ4n) is 2.06. The molecule has 5 nitrogen and oxygen atoms in total. The van der Waals surface area contributed by atoms with Gasteiger partial charge in [0.25, 0.3) is 0 Å². The van der Waals surface area contributed by atoms with Gasteiger partial charge in [-0.3, -0.25) is 4.79 Å². The van der Waals surface area contributed by atoms with Gasteiger partial charge in [-0.1, -0.05) is 6.92 Å². The first kappa shape index (κ1) is 13.0. The first-order valence-corrected chi connectivity index (χ1v) is 6.35. The molecule has 98 valence electrons. The Hall–Kier alpha value is -1.49. The van der Waals surface area contributed by atoms with E-state index in [2.05, 4.69) is 14.9 Å². The average molecular weight is 249 g/mol. The maximum atomic E-state index is 11.3. The number of hydrogen-bond donors (Lipinski definition) is 0. The first-order chi connectivity index (χ1) is 8.72. The predicted molar refractivity (Wildman–Crippen MR) is 68.6 cm³/mol. The molecule has 1 aliphatic rings. The van der Waals surface area contributed by atoms with Crippen molar-refractivity contribution >= 4 is 11.6 Å². The number of Topliss-reactive ketones (excluding diaryl/α,β-unsaturated/α-hetero) is 1. The van der Waals surface area contributed by atoms with E-state index in [0.717, 1.165) is 36.8 Å². The molecule has 0 unspecified atom stereocenters. The third kappa shape index (κ3) is 3.04. The van der Waals surface area contributed by atoms with Crippen LogP contribution in [0.15, 0.2) is 6.07 Å². The van der Waals surface area contributed by atoms with E-state index in [9.17, 15) is 4.79 Å². The van der Waals surface area contributed by atoms with Crippen LogP contribution >= 0.6 is 0 Å². The van der Waals surface area contributed by atoms with E-state index in [0.29, 0.717) is 25.2 Å². The third-order valence-electron chi connectivity index (χ3n) is 3.07. The van der Waals surface area contributed by atoms with Crippen molar-refractivity contribution in [1.29, 1.82) is 0 Å². The number of anilines is 1. The lowest BCUT2D eigenvalue weighted by Gasteiger charge is -2.27. The smallest absolute Gasteiger partial charge is 0.136 e. The van der Waals surface area contributed by atoms with Crippen LogP contribution in [0.25, 0.3) is 0 Å². The van der Waals surface area contributed by atoms with Crippen molar-refractivity contribution in [1.82, 2.24) is 9.97 Å². The van der Waals surface area contributed by atoms with E-state index < -0.39 is 0 Å². The van der Waals surface area contributed by atoms with Crippen molar-refractivity contribution in [3.05, 3.63) is 17.6 Å². The van der Waals surface area contributed by atoms with Gasteiger partial charge < -0.3 is 9.64 Å². The summed E-state index contributed by atoms with van der Waals surface area (Å²) in [5.41, 5.74) is 0.899. The summed E-state index contributed by atoms with van der Waals surface area (Å²) in [5.74, 6) is 2.09. The zero-order chi connectivity index (χ0) is 13.0. The highest BCUT2D eigenvalue weighted by atomic mass is 16.5. The number of aryl methyl sites for hydroxylation is 1. The Labute approximate surface area is 107 Å². The molecule has 0 atom stereocenters. The number of carbonyl (C=O) groups excluding carboxylic acids is 1. The van der Waals surface area contributed by atoms with Gasteiger partial charge in [0.05, 0.1) is 12.3 Å². The molecule has 2 heterocycles. The third-order valence-corrected chi connectivity index (χ3v) is 3.07. The number of nitrogens with zero attached hydrogens (tertiary/aromatic N) is 3. The van der Waals surface area contributed by atoms with Crippen molar-refractivity contribution < 1.29 is 9.53 Å². The van der Waals surface area contributed by atoms with Crippen molar-refractivity contribution in [3.8, 4) is 0 Å². The second-order valence-corrected chi connectivity index (χ2v) is 4.45. The number of aromatic nitrogens is 2. The SMILES string of the molecule is CCc1nc(COC)cc(N2CCC(=O)CC2)n1. The molecule has 1 aromatic rings. The van der Waals surface area contributed by atoms with Crippen LogP contribution in [0.2, 0.25) is 0 Å². The zero-order valence-corrected chi connectivity index (χ0v) is 11.0. The quantitative estimate of drug-likeness (QED) is 0.806. The van der Waals surface area contributed by atoms with Gasteiger partial charge in [0.2, 0.25) is 0 Å². The molecule has 5 heteroatoms. The number of ether oxygens (including phenoxy) is 1. The number of methoxy groups -OCH3 is 1. The maximum Gasteiger partial charge on any atom is 0.136 e. The van der Waals surface area contributed by atoms with Crippen LogP contribution in [0, 0.1) is 0 Å². The predicted octanol–water partition coefficient (Wildman–Crippen LogP) is 1.35. The molecular formula is C13H19N3O2. The summed E-state index contributed by atoms with van der Waals surface area (Å²) in [4.78, 5) is 22.4.